The zero-order valence-corrected chi connectivity index (χ0v) is 25.7. The molecule has 2 aliphatic rings. The fourth-order valence-electron chi connectivity index (χ4n) is 6.45. The van der Waals surface area contributed by atoms with Crippen LogP contribution in [0.2, 0.25) is 0 Å². The smallest absolute Gasteiger partial charge is 0.137 e. The Balaban J connectivity index is 1.49. The summed E-state index contributed by atoms with van der Waals surface area (Å²) >= 11 is 0. The second kappa shape index (κ2) is 11.6. The van der Waals surface area contributed by atoms with Gasteiger partial charge in [-0.1, -0.05) is 72.8 Å². The lowest BCUT2D eigenvalue weighted by molar-refractivity contribution is 0.667. The van der Waals surface area contributed by atoms with Crippen LogP contribution < -0.4 is 0 Å². The minimum Gasteiger partial charge on any atom is -0.456 e. The Bertz CT molecular complexity index is 2180. The van der Waals surface area contributed by atoms with E-state index in [1.807, 2.05) is 97.3 Å². The number of hydrogen-bond donors (Lipinski definition) is 1. The average Bonchev–Trinajstić information content (AvgIpc) is 3.98. The third-order valence-corrected chi connectivity index (χ3v) is 8.59. The quantitative estimate of drug-likeness (QED) is 0.213. The summed E-state index contributed by atoms with van der Waals surface area (Å²) in [5.41, 5.74) is 13.7. The van der Waals surface area contributed by atoms with E-state index < -0.39 is 0 Å². The van der Waals surface area contributed by atoms with Gasteiger partial charge in [0.1, 0.15) is 11.2 Å². The highest BCUT2D eigenvalue weighted by atomic mass is 16.3. The molecule has 6 nitrogen and oxygen atoms in total. The first-order valence-corrected chi connectivity index (χ1v) is 15.8. The molecular weight excluding hydrogens is 590 g/mol. The van der Waals surface area contributed by atoms with E-state index in [2.05, 4.69) is 65.7 Å². The van der Waals surface area contributed by atoms with Crippen LogP contribution >= 0.6 is 0 Å². The van der Waals surface area contributed by atoms with Crippen LogP contribution in [0.25, 0.3) is 91.3 Å². The van der Waals surface area contributed by atoms with Crippen molar-refractivity contribution in [3.63, 3.8) is 0 Å². The average molecular weight is 618 g/mol. The van der Waals surface area contributed by atoms with Gasteiger partial charge in [-0.05, 0) is 84.0 Å². The molecular formula is C42H27N5O. The van der Waals surface area contributed by atoms with Crippen molar-refractivity contribution in [2.24, 2.45) is 0 Å². The monoisotopic (exact) mass is 617 g/mol. The number of nitrogens with one attached hydrogen (secondary N) is 1. The van der Waals surface area contributed by atoms with Crippen LogP contribution in [0.3, 0.4) is 0 Å². The maximum atomic E-state index is 6.80. The SMILES string of the molecule is C1=Cc2nc1c(-c1ccccn1)c1ccc([nH]1)c(-c1ccccn1)c1nc(c(-c3ccccc3)c3ccc(o3)c2-c2ccccc2)C=C1. The molecule has 0 atom stereocenters. The van der Waals surface area contributed by atoms with Gasteiger partial charge in [0.15, 0.2) is 0 Å². The fourth-order valence-corrected chi connectivity index (χ4v) is 6.45. The van der Waals surface area contributed by atoms with Crippen LogP contribution in [0.5, 0.6) is 0 Å². The van der Waals surface area contributed by atoms with E-state index in [9.17, 15) is 0 Å². The summed E-state index contributed by atoms with van der Waals surface area (Å²) in [4.78, 5) is 23.7. The van der Waals surface area contributed by atoms with Crippen molar-refractivity contribution >= 4 is 46.5 Å². The summed E-state index contributed by atoms with van der Waals surface area (Å²) in [6.45, 7) is 0. The fraction of sp³-hybridized carbons (Fsp3) is 0. The number of pyridine rings is 2. The van der Waals surface area contributed by atoms with E-state index in [4.69, 9.17) is 24.4 Å². The van der Waals surface area contributed by atoms with Gasteiger partial charge >= 0.3 is 0 Å². The van der Waals surface area contributed by atoms with E-state index in [-0.39, 0.29) is 0 Å². The summed E-state index contributed by atoms with van der Waals surface area (Å²) in [7, 11) is 0. The molecule has 9 rings (SSSR count). The van der Waals surface area contributed by atoms with Crippen molar-refractivity contribution < 1.29 is 4.42 Å². The van der Waals surface area contributed by atoms with Gasteiger partial charge in [0, 0.05) is 23.5 Å². The molecule has 7 heterocycles. The zero-order valence-electron chi connectivity index (χ0n) is 25.7. The molecule has 226 valence electrons. The Morgan fingerprint density at radius 1 is 0.396 bits per heavy atom. The normalized spacial score (nSPS) is 12.0. The summed E-state index contributed by atoms with van der Waals surface area (Å²) in [5.74, 6) is 0. The van der Waals surface area contributed by atoms with E-state index in [0.29, 0.717) is 0 Å². The highest BCUT2D eigenvalue weighted by molar-refractivity contribution is 5.98. The number of aromatic amines is 1. The van der Waals surface area contributed by atoms with Crippen molar-refractivity contribution in [1.82, 2.24) is 24.9 Å². The molecule has 0 saturated carbocycles. The maximum Gasteiger partial charge on any atom is 0.137 e. The number of H-pyrrole nitrogens is 1. The molecule has 48 heavy (non-hydrogen) atoms. The Hall–Kier alpha value is -6.66. The summed E-state index contributed by atoms with van der Waals surface area (Å²) in [6.07, 6.45) is 11.8. The molecule has 0 spiro atoms. The molecule has 7 aromatic rings. The van der Waals surface area contributed by atoms with E-state index in [0.717, 1.165) is 89.7 Å². The van der Waals surface area contributed by atoms with Crippen LogP contribution in [-0.4, -0.2) is 24.9 Å². The lowest BCUT2D eigenvalue weighted by atomic mass is 10.0. The molecule has 0 unspecified atom stereocenters. The molecule has 2 aromatic carbocycles. The number of furan rings is 1. The largest absolute Gasteiger partial charge is 0.456 e. The zero-order chi connectivity index (χ0) is 31.9. The van der Waals surface area contributed by atoms with Crippen LogP contribution in [0.4, 0.5) is 0 Å². The van der Waals surface area contributed by atoms with Gasteiger partial charge in [-0.2, -0.15) is 0 Å². The van der Waals surface area contributed by atoms with E-state index in [1.54, 1.807) is 0 Å². The van der Waals surface area contributed by atoms with Gasteiger partial charge in [-0.3, -0.25) is 9.97 Å². The molecule has 6 heteroatoms. The highest BCUT2D eigenvalue weighted by Crippen LogP contribution is 2.38. The molecule has 2 aliphatic heterocycles. The molecule has 8 bridgehead atoms. The summed E-state index contributed by atoms with van der Waals surface area (Å²) in [6, 6.07) is 40.6. The maximum absolute atomic E-state index is 6.80. The van der Waals surface area contributed by atoms with Crippen molar-refractivity contribution in [2.45, 2.75) is 0 Å². The summed E-state index contributed by atoms with van der Waals surface area (Å²) < 4.78 is 6.80. The van der Waals surface area contributed by atoms with Crippen LogP contribution in [-0.2, 0) is 0 Å². The third kappa shape index (κ3) is 4.84. The predicted octanol–water partition coefficient (Wildman–Crippen LogP) is 10.4. The lowest BCUT2D eigenvalue weighted by Gasteiger charge is -2.05. The van der Waals surface area contributed by atoms with E-state index >= 15 is 0 Å². The Labute approximate surface area is 276 Å². The number of nitrogens with zero attached hydrogens (tertiary/aromatic N) is 4. The molecule has 0 amide bonds. The number of fused-ring (bicyclic) bond motifs is 8. The second-order valence-electron chi connectivity index (χ2n) is 11.5. The Morgan fingerprint density at radius 3 is 1.23 bits per heavy atom. The van der Waals surface area contributed by atoms with Gasteiger partial charge in [0.05, 0.1) is 56.3 Å². The number of aromatic nitrogens is 5. The molecule has 0 fully saturated rings. The number of benzene rings is 2. The molecule has 0 radical (unpaired) electrons. The van der Waals surface area contributed by atoms with Gasteiger partial charge in [0.2, 0.25) is 0 Å². The van der Waals surface area contributed by atoms with Gasteiger partial charge < -0.3 is 9.40 Å². The second-order valence-corrected chi connectivity index (χ2v) is 11.5. The molecule has 1 N–H and O–H groups in total. The van der Waals surface area contributed by atoms with Crippen LogP contribution in [0.15, 0.2) is 138 Å². The third-order valence-electron chi connectivity index (χ3n) is 8.59. The first-order valence-electron chi connectivity index (χ1n) is 15.8. The van der Waals surface area contributed by atoms with Gasteiger partial charge in [-0.15, -0.1) is 0 Å². The van der Waals surface area contributed by atoms with Crippen molar-refractivity contribution in [3.8, 4) is 44.8 Å². The summed E-state index contributed by atoms with van der Waals surface area (Å²) in [5, 5.41) is 0. The Kier molecular flexibility index (Phi) is 6.68. The van der Waals surface area contributed by atoms with Crippen molar-refractivity contribution in [2.75, 3.05) is 0 Å². The Morgan fingerprint density at radius 2 is 0.812 bits per heavy atom. The van der Waals surface area contributed by atoms with Crippen molar-refractivity contribution in [1.29, 1.82) is 0 Å². The van der Waals surface area contributed by atoms with Crippen LogP contribution in [0.1, 0.15) is 22.8 Å². The van der Waals surface area contributed by atoms with Crippen molar-refractivity contribution in [3.05, 3.63) is 156 Å². The van der Waals surface area contributed by atoms with Crippen LogP contribution in [0, 0.1) is 0 Å². The van der Waals surface area contributed by atoms with E-state index in [1.165, 1.54) is 0 Å². The highest BCUT2D eigenvalue weighted by Gasteiger charge is 2.20. The standard InChI is InChI=1S/C42H27N5O/c1-3-11-27(12-4-1)39-31-17-19-33(45-31)41(29-15-7-9-25-43-29)35-21-22-36(47-35)42(30-16-8-10-26-44-30)34-20-18-32(46-34)40(28-13-5-2-6-14-28)38-24-23-37(39)48-38/h1-26,47H. The van der Waals surface area contributed by atoms with Gasteiger partial charge in [-0.25, -0.2) is 9.97 Å². The lowest BCUT2D eigenvalue weighted by Crippen LogP contribution is -1.90. The minimum atomic E-state index is 0.718. The topological polar surface area (TPSA) is 80.5 Å². The first kappa shape index (κ1) is 27.6. The minimum absolute atomic E-state index is 0.718. The predicted molar refractivity (Wildman–Crippen MR) is 194 cm³/mol. The number of hydrogen-bond acceptors (Lipinski definition) is 5. The number of rotatable bonds is 4. The molecule has 5 aromatic heterocycles. The molecule has 0 saturated heterocycles. The first-order chi connectivity index (χ1) is 23.8. The van der Waals surface area contributed by atoms with Gasteiger partial charge in [0.25, 0.3) is 0 Å². The molecule has 0 aliphatic carbocycles.